The molecule has 0 aliphatic heterocycles. The summed E-state index contributed by atoms with van der Waals surface area (Å²) >= 11 is 1.75. The van der Waals surface area contributed by atoms with E-state index in [2.05, 4.69) is 83.4 Å². The second-order valence-corrected chi connectivity index (χ2v) is 17.0. The summed E-state index contributed by atoms with van der Waals surface area (Å²) in [4.78, 5) is 15.3. The number of rotatable bonds is 6. The first-order chi connectivity index (χ1) is 34.2. The van der Waals surface area contributed by atoms with Gasteiger partial charge in [-0.15, -0.1) is 11.3 Å². The topological polar surface area (TPSA) is 72.3 Å². The Kier molecular flexibility index (Phi) is 7.25. The summed E-state index contributed by atoms with van der Waals surface area (Å²) in [5.41, 5.74) is 8.57. The van der Waals surface area contributed by atoms with Crippen LogP contribution in [0.1, 0.15) is 12.4 Å². The van der Waals surface area contributed by atoms with Gasteiger partial charge in [0.1, 0.15) is 6.07 Å². The van der Waals surface area contributed by atoms with Crippen molar-refractivity contribution < 1.29 is 6.85 Å². The Morgan fingerprint density at radius 2 is 1.03 bits per heavy atom. The molecule has 0 unspecified atom stereocenters. The van der Waals surface area contributed by atoms with Crippen LogP contribution in [0, 0.1) is 11.3 Å². The second kappa shape index (κ2) is 14.7. The van der Waals surface area contributed by atoms with Crippen molar-refractivity contribution in [3.05, 3.63) is 212 Å². The van der Waals surface area contributed by atoms with Gasteiger partial charge in [-0.1, -0.05) is 133 Å². The van der Waals surface area contributed by atoms with Gasteiger partial charge in [0, 0.05) is 64.1 Å². The third-order valence-electron chi connectivity index (χ3n) is 12.3. The van der Waals surface area contributed by atoms with Gasteiger partial charge in [-0.3, -0.25) is 0 Å². The standard InChI is InChI=1S/C58H34N6S/c59-35-41-33-39(27-30-48(41)64-49-20-10-7-17-43(49)45-29-31-51-54(55(45)64)46-19-8-11-21-50(46)63(51)42-15-5-2-6-16-42)57-60-56(38-25-23-37(24-26-38)36-13-3-1-4-14-36)61-58(62-57)40-28-32-53-47(34-40)44-18-9-12-22-52(44)65-53/h1-34H/i2D,5D,6D,15D,16D. The zero-order valence-corrected chi connectivity index (χ0v) is 35.2. The maximum Gasteiger partial charge on any atom is 0.164 e. The molecule has 65 heavy (non-hydrogen) atoms. The number of hydrogen-bond donors (Lipinski definition) is 0. The number of hydrogen-bond acceptors (Lipinski definition) is 5. The fraction of sp³-hybridized carbons (Fsp3) is 0. The number of para-hydroxylation sites is 3. The van der Waals surface area contributed by atoms with Gasteiger partial charge in [0.2, 0.25) is 0 Å². The van der Waals surface area contributed by atoms with Crippen molar-refractivity contribution in [3.8, 4) is 62.7 Å². The Bertz CT molecular complexity index is 4350. The second-order valence-electron chi connectivity index (χ2n) is 15.9. The molecule has 0 bridgehead atoms. The van der Waals surface area contributed by atoms with Gasteiger partial charge in [-0.2, -0.15) is 5.26 Å². The number of fused-ring (bicyclic) bond motifs is 10. The predicted molar refractivity (Wildman–Crippen MR) is 268 cm³/mol. The molecule has 9 aromatic carbocycles. The first-order valence-corrected chi connectivity index (χ1v) is 22.0. The molecule has 0 amide bonds. The molecule has 7 heteroatoms. The molecule has 13 rings (SSSR count). The molecule has 0 aliphatic rings. The van der Waals surface area contributed by atoms with Gasteiger partial charge in [-0.05, 0) is 83.9 Å². The van der Waals surface area contributed by atoms with Crippen LogP contribution in [-0.2, 0) is 0 Å². The van der Waals surface area contributed by atoms with Crippen molar-refractivity contribution in [2.45, 2.75) is 0 Å². The summed E-state index contributed by atoms with van der Waals surface area (Å²) in [7, 11) is 0. The van der Waals surface area contributed by atoms with Crippen LogP contribution in [0.25, 0.3) is 120 Å². The normalized spacial score (nSPS) is 12.8. The van der Waals surface area contributed by atoms with E-state index < -0.39 is 18.1 Å². The predicted octanol–water partition coefficient (Wildman–Crippen LogP) is 15.0. The molecule has 0 fully saturated rings. The van der Waals surface area contributed by atoms with E-state index in [4.69, 9.17) is 21.8 Å². The van der Waals surface area contributed by atoms with Crippen LogP contribution in [0.5, 0.6) is 0 Å². The Morgan fingerprint density at radius 3 is 1.80 bits per heavy atom. The van der Waals surface area contributed by atoms with Crippen LogP contribution in [-0.4, -0.2) is 24.1 Å². The number of aromatic nitrogens is 5. The lowest BCUT2D eigenvalue weighted by molar-refractivity contribution is 1.07. The van der Waals surface area contributed by atoms with Crippen LogP contribution in [0.15, 0.2) is 206 Å². The van der Waals surface area contributed by atoms with Gasteiger partial charge >= 0.3 is 0 Å². The van der Waals surface area contributed by atoms with Gasteiger partial charge in [0.25, 0.3) is 0 Å². The minimum atomic E-state index is -0.454. The Morgan fingerprint density at radius 1 is 0.446 bits per heavy atom. The third kappa shape index (κ3) is 5.89. The molecule has 4 aromatic heterocycles. The van der Waals surface area contributed by atoms with Gasteiger partial charge < -0.3 is 9.13 Å². The number of benzene rings is 9. The molecular formula is C58H34N6S. The van der Waals surface area contributed by atoms with Crippen LogP contribution < -0.4 is 0 Å². The van der Waals surface area contributed by atoms with Gasteiger partial charge in [0.15, 0.2) is 17.5 Å². The third-order valence-corrected chi connectivity index (χ3v) is 13.5. The maximum absolute atomic E-state index is 11.1. The molecular weight excluding hydrogens is 813 g/mol. The van der Waals surface area contributed by atoms with E-state index in [1.807, 2.05) is 103 Å². The van der Waals surface area contributed by atoms with Crippen molar-refractivity contribution in [1.82, 2.24) is 24.1 Å². The number of nitrogens with zero attached hydrogens (tertiary/aromatic N) is 6. The SMILES string of the molecule is [2H]c1c([2H])c([2H])c(-n2c3ccccc3c3c2ccc2c4ccccc4n(-c4ccc(-c5nc(-c6ccc(-c7ccccc7)cc6)nc(-c6ccc7sc8ccccc8c7c6)n5)cc4C#N)c23)c([2H])c1[2H]. The fourth-order valence-corrected chi connectivity index (χ4v) is 10.5. The van der Waals surface area contributed by atoms with Crippen LogP contribution in [0.3, 0.4) is 0 Å². The van der Waals surface area contributed by atoms with Crippen LogP contribution >= 0.6 is 11.3 Å². The first-order valence-electron chi connectivity index (χ1n) is 23.7. The van der Waals surface area contributed by atoms with Crippen molar-refractivity contribution in [3.63, 3.8) is 0 Å². The molecule has 4 heterocycles. The highest BCUT2D eigenvalue weighted by molar-refractivity contribution is 7.25. The molecule has 0 spiro atoms. The molecule has 0 radical (unpaired) electrons. The molecule has 0 saturated carbocycles. The molecule has 0 N–H and O–H groups in total. The lowest BCUT2D eigenvalue weighted by Gasteiger charge is -2.13. The minimum Gasteiger partial charge on any atom is -0.309 e. The van der Waals surface area contributed by atoms with Crippen molar-refractivity contribution in [2.75, 3.05) is 0 Å². The van der Waals surface area contributed by atoms with E-state index in [1.165, 1.54) is 14.8 Å². The zero-order valence-electron chi connectivity index (χ0n) is 39.3. The van der Waals surface area contributed by atoms with Crippen molar-refractivity contribution >= 4 is 75.1 Å². The molecule has 6 nitrogen and oxygen atoms in total. The Balaban J connectivity index is 1.02. The van der Waals surface area contributed by atoms with Gasteiger partial charge in [-0.25, -0.2) is 15.0 Å². The van der Waals surface area contributed by atoms with Crippen LogP contribution in [0.2, 0.25) is 0 Å². The maximum atomic E-state index is 11.1. The summed E-state index contributed by atoms with van der Waals surface area (Å²) in [6.45, 7) is 0. The van der Waals surface area contributed by atoms with Crippen LogP contribution in [0.4, 0.5) is 0 Å². The van der Waals surface area contributed by atoms with E-state index in [9.17, 15) is 5.26 Å². The minimum absolute atomic E-state index is 0.0631. The average molecular weight is 852 g/mol. The Labute approximate surface area is 384 Å². The highest BCUT2D eigenvalue weighted by Gasteiger charge is 2.23. The van der Waals surface area contributed by atoms with E-state index in [1.54, 1.807) is 15.9 Å². The molecule has 0 atom stereocenters. The molecule has 302 valence electrons. The largest absolute Gasteiger partial charge is 0.309 e. The summed E-state index contributed by atoms with van der Waals surface area (Å²) in [6.07, 6.45) is 0. The van der Waals surface area contributed by atoms with Crippen molar-refractivity contribution in [1.29, 1.82) is 5.26 Å². The summed E-state index contributed by atoms with van der Waals surface area (Å²) in [5, 5.41) is 17.0. The summed E-state index contributed by atoms with van der Waals surface area (Å²) < 4.78 is 49.7. The first kappa shape index (κ1) is 32.0. The monoisotopic (exact) mass is 851 g/mol. The molecule has 0 aliphatic carbocycles. The highest BCUT2D eigenvalue weighted by Crippen LogP contribution is 2.43. The van der Waals surface area contributed by atoms with E-state index in [0.29, 0.717) is 45.3 Å². The zero-order chi connectivity index (χ0) is 47.4. The smallest absolute Gasteiger partial charge is 0.164 e. The van der Waals surface area contributed by atoms with Crippen molar-refractivity contribution in [2.24, 2.45) is 0 Å². The molecule has 0 saturated heterocycles. The lowest BCUT2D eigenvalue weighted by atomic mass is 10.0. The summed E-state index contributed by atoms with van der Waals surface area (Å²) in [6, 6.07) is 59.2. The lowest BCUT2D eigenvalue weighted by Crippen LogP contribution is -2.02. The number of nitriles is 1. The number of thiophene rings is 1. The van der Waals surface area contributed by atoms with Gasteiger partial charge in [0.05, 0.1) is 40.2 Å². The molecule has 13 aromatic rings. The van der Waals surface area contributed by atoms with E-state index in [0.717, 1.165) is 60.2 Å². The quantitative estimate of drug-likeness (QED) is 0.167. The van der Waals surface area contributed by atoms with E-state index >= 15 is 0 Å². The Hall–Kier alpha value is -8.70. The fourth-order valence-electron chi connectivity index (χ4n) is 9.39. The average Bonchev–Trinajstić information content (AvgIpc) is 4.07. The highest BCUT2D eigenvalue weighted by atomic mass is 32.1. The summed E-state index contributed by atoms with van der Waals surface area (Å²) in [5.74, 6) is 1.42. The van der Waals surface area contributed by atoms with E-state index in [-0.39, 0.29) is 17.8 Å².